The van der Waals surface area contributed by atoms with Crippen LogP contribution < -0.4 is 10.1 Å². The van der Waals surface area contributed by atoms with Crippen LogP contribution >= 0.6 is 11.6 Å². The molecule has 1 N–H and O–H groups in total. The fourth-order valence-electron chi connectivity index (χ4n) is 3.49. The highest BCUT2D eigenvalue weighted by Crippen LogP contribution is 2.30. The summed E-state index contributed by atoms with van der Waals surface area (Å²) in [6, 6.07) is 9.27. The number of carbonyl (C=O) groups is 1. The predicted octanol–water partition coefficient (Wildman–Crippen LogP) is 5.98. The number of hydrogen-bond donors (Lipinski definition) is 1. The van der Waals surface area contributed by atoms with E-state index in [-0.39, 0.29) is 17.6 Å². The van der Waals surface area contributed by atoms with Gasteiger partial charge in [-0.15, -0.1) is 0 Å². The van der Waals surface area contributed by atoms with Crippen LogP contribution in [0.15, 0.2) is 61.1 Å². The largest absolute Gasteiger partial charge is 0.462 e. The molecule has 3 rings (SSSR count). The zero-order valence-electron chi connectivity index (χ0n) is 19.2. The number of rotatable bonds is 8. The predicted molar refractivity (Wildman–Crippen MR) is 124 cm³/mol. The van der Waals surface area contributed by atoms with Gasteiger partial charge in [-0.05, 0) is 62.6 Å². The minimum atomic E-state index is -4.53. The highest BCUT2D eigenvalue weighted by Gasteiger charge is 2.34. The third kappa shape index (κ3) is 7.14. The Morgan fingerprint density at radius 1 is 1.09 bits per heavy atom. The van der Waals surface area contributed by atoms with Crippen LogP contribution in [-0.4, -0.2) is 27.5 Å². The molecule has 0 bridgehead atoms. The minimum absolute atomic E-state index is 0.118. The van der Waals surface area contributed by atoms with Crippen molar-refractivity contribution < 1.29 is 27.1 Å². The van der Waals surface area contributed by atoms with Crippen molar-refractivity contribution in [3.05, 3.63) is 88.6 Å². The molecule has 1 aromatic carbocycles. The second-order valence-electron chi connectivity index (χ2n) is 8.63. The summed E-state index contributed by atoms with van der Waals surface area (Å²) >= 11 is 6.13. The molecule has 35 heavy (non-hydrogen) atoms. The lowest BCUT2D eigenvalue weighted by Gasteiger charge is -2.30. The van der Waals surface area contributed by atoms with Gasteiger partial charge in [0, 0.05) is 36.6 Å². The number of halogens is 5. The van der Waals surface area contributed by atoms with E-state index < -0.39 is 29.3 Å². The first-order valence-electron chi connectivity index (χ1n) is 10.7. The van der Waals surface area contributed by atoms with Crippen LogP contribution in [0.25, 0.3) is 0 Å². The van der Waals surface area contributed by atoms with Gasteiger partial charge < -0.3 is 10.1 Å². The van der Waals surface area contributed by atoms with Gasteiger partial charge in [0.1, 0.15) is 5.82 Å². The molecule has 2 unspecified atom stereocenters. The summed E-state index contributed by atoms with van der Waals surface area (Å²) in [6.45, 7) is 4.79. The van der Waals surface area contributed by atoms with Crippen LogP contribution in [0.5, 0.6) is 5.88 Å². The van der Waals surface area contributed by atoms with Crippen molar-refractivity contribution in [2.75, 3.05) is 0 Å². The van der Waals surface area contributed by atoms with Crippen molar-refractivity contribution in [3.63, 3.8) is 0 Å². The quantitative estimate of drug-likeness (QED) is 0.380. The van der Waals surface area contributed by atoms with E-state index in [1.165, 1.54) is 32.2 Å². The summed E-state index contributed by atoms with van der Waals surface area (Å²) in [5.74, 6) is -1.24. The van der Waals surface area contributed by atoms with Gasteiger partial charge in [-0.25, -0.2) is 9.37 Å². The molecule has 2 aromatic heterocycles. The Labute approximate surface area is 205 Å². The third-order valence-corrected chi connectivity index (χ3v) is 5.66. The first-order chi connectivity index (χ1) is 16.3. The zero-order valence-corrected chi connectivity index (χ0v) is 20.0. The summed E-state index contributed by atoms with van der Waals surface area (Å²) in [5, 5.41) is 3.34. The lowest BCUT2D eigenvalue weighted by atomic mass is 9.87. The van der Waals surface area contributed by atoms with E-state index in [1.807, 2.05) is 0 Å². The molecule has 0 aliphatic carbocycles. The molecule has 0 spiro atoms. The number of ether oxygens (including phenoxy) is 1. The van der Waals surface area contributed by atoms with Gasteiger partial charge in [0.15, 0.2) is 5.60 Å². The molecule has 3 aromatic rings. The minimum Gasteiger partial charge on any atom is -0.462 e. The van der Waals surface area contributed by atoms with E-state index in [4.69, 9.17) is 16.3 Å². The van der Waals surface area contributed by atoms with Gasteiger partial charge >= 0.3 is 6.18 Å². The van der Waals surface area contributed by atoms with Gasteiger partial charge in [0.25, 0.3) is 5.91 Å². The van der Waals surface area contributed by atoms with Crippen LogP contribution in [0.3, 0.4) is 0 Å². The monoisotopic (exact) mass is 509 g/mol. The van der Waals surface area contributed by atoms with Crippen molar-refractivity contribution in [1.29, 1.82) is 0 Å². The Morgan fingerprint density at radius 2 is 1.77 bits per heavy atom. The molecule has 0 fully saturated rings. The number of aromatic nitrogens is 2. The normalized spacial score (nSPS) is 13.7. The lowest BCUT2D eigenvalue weighted by Crippen LogP contribution is -2.51. The SMILES string of the molecule is CC(NC(=O)C(C)(C)Oc1ccc(C(F)(F)F)cn1)C(Cc1ccc(F)cc1)c1cncc(Cl)c1. The Kier molecular flexibility index (Phi) is 8.00. The second-order valence-corrected chi connectivity index (χ2v) is 9.07. The van der Waals surface area contributed by atoms with Crippen molar-refractivity contribution in [1.82, 2.24) is 15.3 Å². The average molecular weight is 510 g/mol. The van der Waals surface area contributed by atoms with Gasteiger partial charge in [0.2, 0.25) is 5.88 Å². The van der Waals surface area contributed by atoms with Gasteiger partial charge in [0.05, 0.1) is 10.6 Å². The first kappa shape index (κ1) is 26.4. The number of benzene rings is 1. The van der Waals surface area contributed by atoms with Gasteiger partial charge in [-0.1, -0.05) is 23.7 Å². The number of amides is 1. The maximum atomic E-state index is 13.4. The number of hydrogen-bond acceptors (Lipinski definition) is 4. The van der Waals surface area contributed by atoms with E-state index in [9.17, 15) is 22.4 Å². The Hall–Kier alpha value is -3.20. The van der Waals surface area contributed by atoms with Crippen LogP contribution in [0.2, 0.25) is 5.02 Å². The number of nitrogens with one attached hydrogen (secondary N) is 1. The fraction of sp³-hybridized carbons (Fsp3) is 0.320. The summed E-state index contributed by atoms with van der Waals surface area (Å²) < 4.78 is 57.3. The number of nitrogens with zero attached hydrogens (tertiary/aromatic N) is 2. The highest BCUT2D eigenvalue weighted by molar-refractivity contribution is 6.30. The van der Waals surface area contributed by atoms with Crippen molar-refractivity contribution in [3.8, 4) is 5.88 Å². The maximum absolute atomic E-state index is 13.4. The van der Waals surface area contributed by atoms with Gasteiger partial charge in [-0.3, -0.25) is 9.78 Å². The zero-order chi connectivity index (χ0) is 25.8. The second kappa shape index (κ2) is 10.6. The standard InChI is InChI=1S/C25H24ClF4N3O2/c1-15(21(17-11-19(26)14-31-12-17)10-16-4-7-20(27)8-5-16)33-23(34)24(2,3)35-22-9-6-18(13-32-22)25(28,29)30/h4-9,11-15,21H,10H2,1-3H3,(H,33,34). The van der Waals surface area contributed by atoms with Crippen LogP contribution in [-0.2, 0) is 17.4 Å². The molecular formula is C25H24ClF4N3O2. The molecular weight excluding hydrogens is 486 g/mol. The van der Waals surface area contributed by atoms with Gasteiger partial charge in [-0.2, -0.15) is 13.2 Å². The molecule has 186 valence electrons. The fourth-order valence-corrected chi connectivity index (χ4v) is 3.67. The molecule has 0 saturated heterocycles. The van der Waals surface area contributed by atoms with Crippen molar-refractivity contribution >= 4 is 17.5 Å². The molecule has 2 atom stereocenters. The first-order valence-corrected chi connectivity index (χ1v) is 11.1. The Bertz CT molecular complexity index is 1150. The number of carbonyl (C=O) groups excluding carboxylic acids is 1. The topological polar surface area (TPSA) is 64.1 Å². The molecule has 2 heterocycles. The number of alkyl halides is 3. The molecule has 10 heteroatoms. The molecule has 0 aliphatic rings. The summed E-state index contributed by atoms with van der Waals surface area (Å²) in [6.07, 6.45) is -0.265. The van der Waals surface area contributed by atoms with E-state index >= 15 is 0 Å². The smallest absolute Gasteiger partial charge is 0.417 e. The van der Waals surface area contributed by atoms with Crippen LogP contribution in [0.1, 0.15) is 43.4 Å². The molecule has 0 radical (unpaired) electrons. The summed E-state index contributed by atoms with van der Waals surface area (Å²) in [7, 11) is 0. The van der Waals surface area contributed by atoms with E-state index in [0.29, 0.717) is 17.6 Å². The van der Waals surface area contributed by atoms with E-state index in [0.717, 1.165) is 23.3 Å². The molecule has 0 aliphatic heterocycles. The Balaban J connectivity index is 1.76. The third-order valence-electron chi connectivity index (χ3n) is 5.46. The summed E-state index contributed by atoms with van der Waals surface area (Å²) in [4.78, 5) is 20.9. The molecule has 1 amide bonds. The van der Waals surface area contributed by atoms with E-state index in [2.05, 4.69) is 15.3 Å². The summed E-state index contributed by atoms with van der Waals surface area (Å²) in [5.41, 5.74) is -0.729. The highest BCUT2D eigenvalue weighted by atomic mass is 35.5. The van der Waals surface area contributed by atoms with E-state index in [1.54, 1.807) is 31.3 Å². The lowest BCUT2D eigenvalue weighted by molar-refractivity contribution is -0.138. The maximum Gasteiger partial charge on any atom is 0.417 e. The molecule has 5 nitrogen and oxygen atoms in total. The van der Waals surface area contributed by atoms with Crippen molar-refractivity contribution in [2.45, 2.75) is 50.9 Å². The average Bonchev–Trinajstić information content (AvgIpc) is 2.78. The Morgan fingerprint density at radius 3 is 2.34 bits per heavy atom. The van der Waals surface area contributed by atoms with Crippen LogP contribution in [0.4, 0.5) is 17.6 Å². The van der Waals surface area contributed by atoms with Crippen molar-refractivity contribution in [2.24, 2.45) is 0 Å². The number of pyridine rings is 2. The molecule has 0 saturated carbocycles. The van der Waals surface area contributed by atoms with Crippen LogP contribution in [0, 0.1) is 5.82 Å².